The minimum absolute atomic E-state index is 0. The van der Waals surface area contributed by atoms with Gasteiger partial charge in [-0.1, -0.05) is 6.92 Å². The summed E-state index contributed by atoms with van der Waals surface area (Å²) in [5.74, 6) is 1.88. The Hall–Kier alpha value is -0.230. The number of halogens is 4. The maximum Gasteiger partial charge on any atom is 0.434 e. The summed E-state index contributed by atoms with van der Waals surface area (Å²) in [4.78, 5) is 8.13. The monoisotopic (exact) mass is 522 g/mol. The molecule has 1 aliphatic carbocycles. The first kappa shape index (κ1) is 23.8. The van der Waals surface area contributed by atoms with E-state index in [0.29, 0.717) is 29.3 Å². The molecule has 1 aromatic rings. The zero-order chi connectivity index (χ0) is 18.3. The highest BCUT2D eigenvalue weighted by Gasteiger charge is 2.33. The van der Waals surface area contributed by atoms with Gasteiger partial charge in [-0.25, -0.2) is 4.98 Å². The van der Waals surface area contributed by atoms with Crippen LogP contribution >= 0.6 is 47.1 Å². The third-order valence-electron chi connectivity index (χ3n) is 3.91. The van der Waals surface area contributed by atoms with E-state index in [4.69, 9.17) is 0 Å². The summed E-state index contributed by atoms with van der Waals surface area (Å²) in [5.41, 5.74) is -0.813. The van der Waals surface area contributed by atoms with Crippen LogP contribution in [-0.4, -0.2) is 41.1 Å². The summed E-state index contributed by atoms with van der Waals surface area (Å²) in [6.07, 6.45) is -0.483. The zero-order valence-corrected chi connectivity index (χ0v) is 18.9. The Morgan fingerprint density at radius 1 is 1.38 bits per heavy atom. The van der Waals surface area contributed by atoms with E-state index in [-0.39, 0.29) is 24.0 Å². The quantitative estimate of drug-likeness (QED) is 0.314. The SMILES string of the molecule is CCNC(=NCCc1nc(C(F)(F)F)cs1)NC1CCC(SCC)C1.I. The molecule has 2 rings (SSSR count). The molecule has 1 fully saturated rings. The molecule has 1 saturated carbocycles. The second-order valence-corrected chi connectivity index (χ2v) is 8.39. The molecule has 0 saturated heterocycles. The predicted octanol–water partition coefficient (Wildman–Crippen LogP) is 4.55. The first-order chi connectivity index (χ1) is 11.9. The summed E-state index contributed by atoms with van der Waals surface area (Å²) < 4.78 is 37.7. The number of hydrogen-bond donors (Lipinski definition) is 2. The summed E-state index contributed by atoms with van der Waals surface area (Å²) in [7, 11) is 0. The van der Waals surface area contributed by atoms with Gasteiger partial charge in [-0.15, -0.1) is 35.3 Å². The number of guanidine groups is 1. The van der Waals surface area contributed by atoms with Gasteiger partial charge in [0.15, 0.2) is 11.7 Å². The average molecular weight is 522 g/mol. The number of thioether (sulfide) groups is 1. The van der Waals surface area contributed by atoms with Crippen molar-refractivity contribution in [1.82, 2.24) is 15.6 Å². The van der Waals surface area contributed by atoms with E-state index < -0.39 is 11.9 Å². The van der Waals surface area contributed by atoms with Crippen LogP contribution in [0.4, 0.5) is 13.2 Å². The third-order valence-corrected chi connectivity index (χ3v) is 6.05. The topological polar surface area (TPSA) is 49.3 Å². The lowest BCUT2D eigenvalue weighted by Crippen LogP contribution is -2.42. The lowest BCUT2D eigenvalue weighted by atomic mass is 10.2. The minimum Gasteiger partial charge on any atom is -0.357 e. The van der Waals surface area contributed by atoms with Crippen molar-refractivity contribution in [2.24, 2.45) is 4.99 Å². The van der Waals surface area contributed by atoms with Gasteiger partial charge in [-0.05, 0) is 31.9 Å². The van der Waals surface area contributed by atoms with Crippen LogP contribution in [0.1, 0.15) is 43.8 Å². The van der Waals surface area contributed by atoms with Crippen LogP contribution < -0.4 is 10.6 Å². The van der Waals surface area contributed by atoms with E-state index in [2.05, 4.69) is 27.5 Å². The molecule has 0 radical (unpaired) electrons. The van der Waals surface area contributed by atoms with Crippen LogP contribution in [-0.2, 0) is 12.6 Å². The number of rotatable bonds is 7. The summed E-state index contributed by atoms with van der Waals surface area (Å²) in [5, 5.41) is 8.89. The Balaban J connectivity index is 0.00000338. The Morgan fingerprint density at radius 3 is 2.77 bits per heavy atom. The van der Waals surface area contributed by atoms with Gasteiger partial charge in [0.25, 0.3) is 0 Å². The Labute approximate surface area is 178 Å². The van der Waals surface area contributed by atoms with Gasteiger partial charge in [0, 0.05) is 36.2 Å². The van der Waals surface area contributed by atoms with Gasteiger partial charge in [0.2, 0.25) is 0 Å². The highest BCUT2D eigenvalue weighted by Crippen LogP contribution is 2.30. The van der Waals surface area contributed by atoms with Gasteiger partial charge < -0.3 is 10.6 Å². The smallest absolute Gasteiger partial charge is 0.357 e. The molecule has 0 aliphatic heterocycles. The Bertz CT molecular complexity index is 566. The van der Waals surface area contributed by atoms with Crippen molar-refractivity contribution < 1.29 is 13.2 Å². The van der Waals surface area contributed by atoms with Crippen LogP contribution in [0.5, 0.6) is 0 Å². The van der Waals surface area contributed by atoms with E-state index in [9.17, 15) is 13.2 Å². The van der Waals surface area contributed by atoms with Crippen LogP contribution in [0, 0.1) is 0 Å². The van der Waals surface area contributed by atoms with Crippen molar-refractivity contribution in [3.05, 3.63) is 16.1 Å². The van der Waals surface area contributed by atoms with E-state index in [1.165, 1.54) is 6.42 Å². The second-order valence-electron chi connectivity index (χ2n) is 5.87. The highest BCUT2D eigenvalue weighted by molar-refractivity contribution is 14.0. The molecule has 0 bridgehead atoms. The molecule has 2 unspecified atom stereocenters. The van der Waals surface area contributed by atoms with E-state index >= 15 is 0 Å². The van der Waals surface area contributed by atoms with Crippen molar-refractivity contribution in [2.75, 3.05) is 18.8 Å². The average Bonchev–Trinajstić information content (AvgIpc) is 3.17. The molecule has 4 nitrogen and oxygen atoms in total. The number of alkyl halides is 3. The van der Waals surface area contributed by atoms with Crippen LogP contribution in [0.15, 0.2) is 10.4 Å². The Morgan fingerprint density at radius 2 is 2.15 bits per heavy atom. The fourth-order valence-corrected chi connectivity index (χ4v) is 4.73. The molecule has 2 atom stereocenters. The van der Waals surface area contributed by atoms with Gasteiger partial charge in [0.05, 0.1) is 5.01 Å². The van der Waals surface area contributed by atoms with Crippen molar-refractivity contribution in [3.63, 3.8) is 0 Å². The largest absolute Gasteiger partial charge is 0.434 e. The van der Waals surface area contributed by atoms with Crippen molar-refractivity contribution in [3.8, 4) is 0 Å². The number of hydrogen-bond acceptors (Lipinski definition) is 4. The molecule has 2 N–H and O–H groups in total. The fraction of sp³-hybridized carbons (Fsp3) is 0.750. The fourth-order valence-electron chi connectivity index (χ4n) is 2.79. The number of nitrogens with zero attached hydrogens (tertiary/aromatic N) is 2. The molecular formula is C16H26F3IN4S2. The van der Waals surface area contributed by atoms with Gasteiger partial charge >= 0.3 is 6.18 Å². The molecule has 26 heavy (non-hydrogen) atoms. The van der Waals surface area contributed by atoms with E-state index in [0.717, 1.165) is 47.8 Å². The maximum absolute atomic E-state index is 12.6. The summed E-state index contributed by atoms with van der Waals surface area (Å²) in [6.45, 7) is 5.35. The van der Waals surface area contributed by atoms with Gasteiger partial charge in [-0.2, -0.15) is 24.9 Å². The molecule has 0 aromatic carbocycles. The summed E-state index contributed by atoms with van der Waals surface area (Å²) >= 11 is 3.04. The highest BCUT2D eigenvalue weighted by atomic mass is 127. The standard InChI is InChI=1S/C16H25F3N4S2.HI/c1-3-20-15(22-11-5-6-12(9-11)24-4-2)21-8-7-14-23-13(10-25-14)16(17,18)19;/h10-12H,3-9H2,1-2H3,(H2,20,21,22);1H. The maximum atomic E-state index is 12.6. The zero-order valence-electron chi connectivity index (χ0n) is 14.9. The van der Waals surface area contributed by atoms with E-state index in [1.807, 2.05) is 18.7 Å². The predicted molar refractivity (Wildman–Crippen MR) is 115 cm³/mol. The van der Waals surface area contributed by atoms with Crippen molar-refractivity contribution in [2.45, 2.75) is 57.0 Å². The number of aliphatic imine (C=N–C) groups is 1. The third kappa shape index (κ3) is 7.79. The molecule has 1 aliphatic rings. The molecule has 1 aromatic heterocycles. The first-order valence-electron chi connectivity index (χ1n) is 8.60. The molecular weight excluding hydrogens is 496 g/mol. The second kappa shape index (κ2) is 11.6. The van der Waals surface area contributed by atoms with E-state index in [1.54, 1.807) is 0 Å². The number of nitrogens with one attached hydrogen (secondary N) is 2. The first-order valence-corrected chi connectivity index (χ1v) is 10.5. The number of aromatic nitrogens is 1. The van der Waals surface area contributed by atoms with Crippen LogP contribution in [0.2, 0.25) is 0 Å². The van der Waals surface area contributed by atoms with Gasteiger partial charge in [0.1, 0.15) is 0 Å². The molecule has 10 heteroatoms. The molecule has 150 valence electrons. The van der Waals surface area contributed by atoms with Crippen molar-refractivity contribution in [1.29, 1.82) is 0 Å². The molecule has 1 heterocycles. The molecule has 0 amide bonds. The Kier molecular flexibility index (Phi) is 10.6. The lowest BCUT2D eigenvalue weighted by molar-refractivity contribution is -0.140. The van der Waals surface area contributed by atoms with Gasteiger partial charge in [-0.3, -0.25) is 4.99 Å². The summed E-state index contributed by atoms with van der Waals surface area (Å²) in [6, 6.07) is 0.415. The molecule has 0 spiro atoms. The normalized spacial score (nSPS) is 20.7. The van der Waals surface area contributed by atoms with Crippen LogP contribution in [0.3, 0.4) is 0 Å². The lowest BCUT2D eigenvalue weighted by Gasteiger charge is -2.17. The number of thiazole rings is 1. The van der Waals surface area contributed by atoms with Crippen molar-refractivity contribution >= 4 is 53.0 Å². The van der Waals surface area contributed by atoms with Crippen LogP contribution in [0.25, 0.3) is 0 Å². The minimum atomic E-state index is -4.37.